The van der Waals surface area contributed by atoms with Gasteiger partial charge in [0, 0.05) is 19.1 Å². The van der Waals surface area contributed by atoms with Crippen molar-refractivity contribution in [2.75, 3.05) is 32.7 Å². The molecule has 2 aromatic rings. The summed E-state index contributed by atoms with van der Waals surface area (Å²) in [5, 5.41) is 0. The number of esters is 2. The third-order valence-electron chi connectivity index (χ3n) is 6.26. The van der Waals surface area contributed by atoms with Crippen LogP contribution in [0, 0.1) is 6.92 Å². The topological polar surface area (TPSA) is 105 Å². The van der Waals surface area contributed by atoms with Crippen LogP contribution in [0.4, 0.5) is 0 Å². The van der Waals surface area contributed by atoms with E-state index in [2.05, 4.69) is 6.07 Å². The van der Waals surface area contributed by atoms with Crippen molar-refractivity contribution >= 4 is 21.8 Å². The molecule has 0 fully saturated rings. The number of hydrogen-bond acceptors (Lipinski definition) is 8. The van der Waals surface area contributed by atoms with Gasteiger partial charge in [-0.1, -0.05) is 38.8 Å². The molecule has 0 aromatic heterocycles. The molecule has 42 heavy (non-hydrogen) atoms. The van der Waals surface area contributed by atoms with Gasteiger partial charge in [0.2, 0.25) is 0 Å². The summed E-state index contributed by atoms with van der Waals surface area (Å²) in [5.41, 5.74) is 3.01. The van der Waals surface area contributed by atoms with Gasteiger partial charge < -0.3 is 18.9 Å². The van der Waals surface area contributed by atoms with Crippen molar-refractivity contribution in [2.45, 2.75) is 97.3 Å². The fraction of sp³-hybridized carbons (Fsp3) is 0.576. The molecule has 9 heteroatoms. The Morgan fingerprint density at radius 2 is 1.40 bits per heavy atom. The zero-order valence-corrected chi connectivity index (χ0v) is 27.1. The van der Waals surface area contributed by atoms with Crippen molar-refractivity contribution in [3.8, 4) is 11.5 Å². The second kappa shape index (κ2) is 20.8. The Labute approximate surface area is 253 Å². The van der Waals surface area contributed by atoms with Crippen LogP contribution in [0.3, 0.4) is 0 Å². The van der Waals surface area contributed by atoms with Crippen molar-refractivity contribution in [3.05, 3.63) is 53.1 Å². The predicted octanol–water partition coefficient (Wildman–Crippen LogP) is 6.82. The number of benzene rings is 2. The monoisotopic (exact) mass is 606 g/mol. The Morgan fingerprint density at radius 1 is 0.762 bits per heavy atom. The average molecular weight is 607 g/mol. The first-order chi connectivity index (χ1) is 20.1. The first-order valence-corrected chi connectivity index (χ1v) is 17.0. The molecule has 2 rings (SSSR count). The fourth-order valence-corrected chi connectivity index (χ4v) is 5.06. The Bertz CT molecular complexity index is 1190. The quantitative estimate of drug-likeness (QED) is 0.127. The number of rotatable bonds is 19. The van der Waals surface area contributed by atoms with Gasteiger partial charge >= 0.3 is 11.9 Å². The van der Waals surface area contributed by atoms with Gasteiger partial charge in [-0.15, -0.1) is 0 Å². The molecule has 8 nitrogen and oxygen atoms in total. The lowest BCUT2D eigenvalue weighted by Gasteiger charge is -2.16. The number of aryl methyl sites for hydroxylation is 2. The van der Waals surface area contributed by atoms with Gasteiger partial charge in [-0.05, 0) is 93.8 Å². The summed E-state index contributed by atoms with van der Waals surface area (Å²) in [5.74, 6) is 0.851. The molecule has 0 amide bonds. The largest absolute Gasteiger partial charge is 0.494 e. The van der Waals surface area contributed by atoms with Crippen LogP contribution >= 0.6 is 0 Å². The highest BCUT2D eigenvalue weighted by Crippen LogP contribution is 2.27. The second-order valence-corrected chi connectivity index (χ2v) is 11.7. The molecule has 0 aliphatic rings. The first-order valence-electron chi connectivity index (χ1n) is 15.1. The van der Waals surface area contributed by atoms with E-state index in [9.17, 15) is 18.0 Å². The molecular formula is C33H50O8S. The molecule has 0 N–H and O–H groups in total. The minimum absolute atomic E-state index is 0.231. The highest BCUT2D eigenvalue weighted by molar-refractivity contribution is 7.90. The van der Waals surface area contributed by atoms with E-state index in [1.165, 1.54) is 6.26 Å². The lowest BCUT2D eigenvalue weighted by molar-refractivity contribution is -0.144. The zero-order chi connectivity index (χ0) is 31.4. The maximum absolute atomic E-state index is 12.0. The average Bonchev–Trinajstić information content (AvgIpc) is 2.95. The smallest absolute Gasteiger partial charge is 0.306 e. The molecule has 2 aromatic carbocycles. The number of sulfone groups is 1. The molecule has 0 unspecified atom stereocenters. The van der Waals surface area contributed by atoms with E-state index in [0.29, 0.717) is 51.4 Å². The number of ether oxygens (including phenoxy) is 4. The first kappa shape index (κ1) is 37.0. The lowest BCUT2D eigenvalue weighted by atomic mass is 9.96. The van der Waals surface area contributed by atoms with Gasteiger partial charge in [-0.2, -0.15) is 0 Å². The van der Waals surface area contributed by atoms with Crippen molar-refractivity contribution in [1.82, 2.24) is 0 Å². The Morgan fingerprint density at radius 3 is 2.07 bits per heavy atom. The normalized spacial score (nSPS) is 10.8. The third kappa shape index (κ3) is 14.7. The minimum Gasteiger partial charge on any atom is -0.494 e. The van der Waals surface area contributed by atoms with Crippen LogP contribution in [0.25, 0.3) is 0 Å². The molecule has 0 aliphatic carbocycles. The van der Waals surface area contributed by atoms with Crippen LogP contribution in [0.15, 0.2) is 41.3 Å². The van der Waals surface area contributed by atoms with Gasteiger partial charge in [-0.3, -0.25) is 9.59 Å². The number of unbranched alkanes of at least 4 members (excludes halogenated alkanes) is 3. The highest BCUT2D eigenvalue weighted by atomic mass is 32.2. The van der Waals surface area contributed by atoms with Gasteiger partial charge in [-0.25, -0.2) is 8.42 Å². The molecule has 0 radical (unpaired) electrons. The standard InChI is InChI=1S/C31H44O8S.C2H6/c1-5-36-30(32)16-12-20-39-29-15-11-14-25(28(29)17-18-31(33)37-6-2)13-9-7-8-10-19-38-26-21-24(3)22-27(23-26)40(4,34)35;1-2/h11,14-15,21-23H,5-10,12-13,16-20H2,1-4H3;1-2H3. The van der Waals surface area contributed by atoms with Crippen LogP contribution in [-0.2, 0) is 41.7 Å². The molecule has 0 saturated heterocycles. The van der Waals surface area contributed by atoms with Crippen LogP contribution in [0.5, 0.6) is 11.5 Å². The summed E-state index contributed by atoms with van der Waals surface area (Å²) < 4.78 is 45.7. The van der Waals surface area contributed by atoms with E-state index in [-0.39, 0.29) is 23.3 Å². The zero-order valence-electron chi connectivity index (χ0n) is 26.3. The molecular weight excluding hydrogens is 556 g/mol. The van der Waals surface area contributed by atoms with Crippen LogP contribution in [-0.4, -0.2) is 53.0 Å². The highest BCUT2D eigenvalue weighted by Gasteiger charge is 2.14. The van der Waals surface area contributed by atoms with Crippen molar-refractivity contribution in [1.29, 1.82) is 0 Å². The van der Waals surface area contributed by atoms with Gasteiger partial charge in [0.25, 0.3) is 0 Å². The van der Waals surface area contributed by atoms with Crippen molar-refractivity contribution in [2.24, 2.45) is 0 Å². The SMILES string of the molecule is CC.CCOC(=O)CCCOc1cccc(CCCCCCOc2cc(C)cc(S(C)(=O)=O)c2)c1CCC(=O)OCC. The molecule has 0 heterocycles. The van der Waals surface area contributed by atoms with E-state index in [4.69, 9.17) is 18.9 Å². The molecule has 0 aliphatic heterocycles. The molecule has 0 bridgehead atoms. The summed E-state index contributed by atoms with van der Waals surface area (Å²) in [4.78, 5) is 23.9. The molecule has 0 saturated carbocycles. The number of carbonyl (C=O) groups is 2. The maximum Gasteiger partial charge on any atom is 0.306 e. The summed E-state index contributed by atoms with van der Waals surface area (Å²) in [6.07, 6.45) is 7.54. The van der Waals surface area contributed by atoms with E-state index < -0.39 is 9.84 Å². The maximum atomic E-state index is 12.0. The summed E-state index contributed by atoms with van der Waals surface area (Å²) in [6.45, 7) is 11.1. The van der Waals surface area contributed by atoms with Gasteiger partial charge in [0.05, 0.1) is 31.3 Å². The van der Waals surface area contributed by atoms with E-state index in [1.807, 2.05) is 39.0 Å². The molecule has 0 spiro atoms. The van der Waals surface area contributed by atoms with Crippen molar-refractivity contribution < 1.29 is 37.0 Å². The van der Waals surface area contributed by atoms with Crippen LogP contribution in [0.1, 0.15) is 89.3 Å². The number of hydrogen-bond donors (Lipinski definition) is 0. The van der Waals surface area contributed by atoms with Gasteiger partial charge in [0.1, 0.15) is 11.5 Å². The summed E-state index contributed by atoms with van der Waals surface area (Å²) >= 11 is 0. The van der Waals surface area contributed by atoms with E-state index >= 15 is 0 Å². The minimum atomic E-state index is -3.28. The Hall–Kier alpha value is -3.07. The van der Waals surface area contributed by atoms with Crippen LogP contribution in [0.2, 0.25) is 0 Å². The lowest BCUT2D eigenvalue weighted by Crippen LogP contribution is -2.10. The Balaban J connectivity index is 0.00000431. The molecule has 236 valence electrons. The van der Waals surface area contributed by atoms with Crippen molar-refractivity contribution in [3.63, 3.8) is 0 Å². The predicted molar refractivity (Wildman–Crippen MR) is 166 cm³/mol. The van der Waals surface area contributed by atoms with E-state index in [0.717, 1.165) is 54.5 Å². The second-order valence-electron chi connectivity index (χ2n) is 9.72. The molecule has 0 atom stereocenters. The summed E-state index contributed by atoms with van der Waals surface area (Å²) in [7, 11) is -3.28. The van der Waals surface area contributed by atoms with Crippen LogP contribution < -0.4 is 9.47 Å². The summed E-state index contributed by atoms with van der Waals surface area (Å²) in [6, 6.07) is 11.0. The third-order valence-corrected chi connectivity index (χ3v) is 7.36. The number of carbonyl (C=O) groups excluding carboxylic acids is 2. The fourth-order valence-electron chi connectivity index (χ4n) is 4.33. The Kier molecular flexibility index (Phi) is 18.3. The van der Waals surface area contributed by atoms with Gasteiger partial charge in [0.15, 0.2) is 9.84 Å². The van der Waals surface area contributed by atoms with E-state index in [1.54, 1.807) is 26.0 Å².